The average molecular weight is 333 g/mol. The van der Waals surface area contributed by atoms with E-state index >= 15 is 0 Å². The molecular weight excluding hydrogens is 310 g/mol. The number of anilines is 2. The van der Waals surface area contributed by atoms with Crippen LogP contribution in [0.4, 0.5) is 11.6 Å². The maximum atomic E-state index is 9.09. The van der Waals surface area contributed by atoms with Gasteiger partial charge in [0, 0.05) is 38.8 Å². The van der Waals surface area contributed by atoms with Crippen LogP contribution in [0.25, 0.3) is 11.3 Å². The van der Waals surface area contributed by atoms with Crippen molar-refractivity contribution in [2.45, 2.75) is 31.7 Å². The number of β-amino-alcohol motifs (C(OH)–C–C–N with tert-alkyl or cyclic N) is 1. The fourth-order valence-corrected chi connectivity index (χ4v) is 3.53. The standard InChI is InChI=1S/C15H23N7O2/c23-10-9-21-5-7-22(8-6-21)15-14(16-11-3-1-2-4-11)17-12-13(18-15)20-24-19-12/h11,23H,1-10H2,(H,16,17,19). The van der Waals surface area contributed by atoms with Gasteiger partial charge in [0.2, 0.25) is 11.3 Å². The Bertz CT molecular complexity index is 678. The molecule has 130 valence electrons. The van der Waals surface area contributed by atoms with Gasteiger partial charge in [-0.25, -0.2) is 14.6 Å². The van der Waals surface area contributed by atoms with Crippen LogP contribution in [0.2, 0.25) is 0 Å². The van der Waals surface area contributed by atoms with Crippen molar-refractivity contribution < 1.29 is 9.74 Å². The molecule has 2 N–H and O–H groups in total. The predicted molar refractivity (Wildman–Crippen MR) is 89.0 cm³/mol. The Labute approximate surface area is 140 Å². The molecule has 9 heteroatoms. The molecule has 2 aliphatic rings. The Morgan fingerprint density at radius 3 is 2.46 bits per heavy atom. The van der Waals surface area contributed by atoms with Gasteiger partial charge in [-0.15, -0.1) is 0 Å². The first-order valence-corrected chi connectivity index (χ1v) is 8.68. The van der Waals surface area contributed by atoms with Crippen LogP contribution in [-0.4, -0.2) is 75.7 Å². The molecule has 2 aromatic heterocycles. The summed E-state index contributed by atoms with van der Waals surface area (Å²) < 4.78 is 4.77. The van der Waals surface area contributed by atoms with Crippen molar-refractivity contribution >= 4 is 22.9 Å². The van der Waals surface area contributed by atoms with Crippen LogP contribution < -0.4 is 10.2 Å². The first-order chi connectivity index (χ1) is 11.8. The van der Waals surface area contributed by atoms with Crippen LogP contribution in [0, 0.1) is 0 Å². The van der Waals surface area contributed by atoms with Crippen molar-refractivity contribution in [1.82, 2.24) is 25.2 Å². The van der Waals surface area contributed by atoms with E-state index in [4.69, 9.17) is 9.74 Å². The van der Waals surface area contributed by atoms with Crippen LogP contribution >= 0.6 is 0 Å². The minimum Gasteiger partial charge on any atom is -0.395 e. The third kappa shape index (κ3) is 3.13. The second kappa shape index (κ2) is 6.86. The second-order valence-corrected chi connectivity index (χ2v) is 6.49. The topological polar surface area (TPSA) is 103 Å². The Hall–Kier alpha value is -2.00. The van der Waals surface area contributed by atoms with Crippen LogP contribution in [0.1, 0.15) is 25.7 Å². The third-order valence-corrected chi connectivity index (χ3v) is 4.88. The summed E-state index contributed by atoms with van der Waals surface area (Å²) in [6.07, 6.45) is 4.85. The molecule has 0 unspecified atom stereocenters. The van der Waals surface area contributed by atoms with Crippen molar-refractivity contribution in [3.05, 3.63) is 0 Å². The van der Waals surface area contributed by atoms with Crippen molar-refractivity contribution in [1.29, 1.82) is 0 Å². The highest BCUT2D eigenvalue weighted by Crippen LogP contribution is 2.28. The minimum absolute atomic E-state index is 0.199. The molecule has 1 aliphatic carbocycles. The van der Waals surface area contributed by atoms with Crippen LogP contribution in [-0.2, 0) is 0 Å². The molecule has 0 spiro atoms. The molecule has 1 saturated carbocycles. The van der Waals surface area contributed by atoms with Crippen molar-refractivity contribution in [3.63, 3.8) is 0 Å². The fourth-order valence-electron chi connectivity index (χ4n) is 3.53. The molecule has 2 fully saturated rings. The summed E-state index contributed by atoms with van der Waals surface area (Å²) in [5.74, 6) is 1.61. The van der Waals surface area contributed by atoms with E-state index < -0.39 is 0 Å². The molecule has 4 rings (SSSR count). The van der Waals surface area contributed by atoms with Gasteiger partial charge in [0.15, 0.2) is 11.6 Å². The number of nitrogens with one attached hydrogen (secondary N) is 1. The largest absolute Gasteiger partial charge is 0.395 e. The van der Waals surface area contributed by atoms with Gasteiger partial charge in [0.25, 0.3) is 0 Å². The van der Waals surface area contributed by atoms with Gasteiger partial charge in [-0.05, 0) is 23.2 Å². The zero-order valence-electron chi connectivity index (χ0n) is 13.7. The van der Waals surface area contributed by atoms with E-state index in [0.717, 1.165) is 44.4 Å². The maximum absolute atomic E-state index is 9.09. The summed E-state index contributed by atoms with van der Waals surface area (Å²) in [7, 11) is 0. The number of aromatic nitrogens is 4. The predicted octanol–water partition coefficient (Wildman–Crippen LogP) is 0.482. The van der Waals surface area contributed by atoms with Gasteiger partial charge in [-0.3, -0.25) is 4.90 Å². The quantitative estimate of drug-likeness (QED) is 0.808. The van der Waals surface area contributed by atoms with E-state index in [9.17, 15) is 0 Å². The summed E-state index contributed by atoms with van der Waals surface area (Å²) in [5.41, 5.74) is 0.887. The zero-order chi connectivity index (χ0) is 16.4. The summed E-state index contributed by atoms with van der Waals surface area (Å²) in [4.78, 5) is 13.7. The summed E-state index contributed by atoms with van der Waals surface area (Å²) >= 11 is 0. The van der Waals surface area contributed by atoms with Crippen molar-refractivity contribution in [2.24, 2.45) is 0 Å². The van der Waals surface area contributed by atoms with Crippen LogP contribution in [0.5, 0.6) is 0 Å². The Morgan fingerprint density at radius 1 is 1.04 bits per heavy atom. The van der Waals surface area contributed by atoms with E-state index in [1.54, 1.807) is 0 Å². The highest BCUT2D eigenvalue weighted by molar-refractivity contribution is 5.74. The second-order valence-electron chi connectivity index (χ2n) is 6.49. The van der Waals surface area contributed by atoms with E-state index in [-0.39, 0.29) is 6.61 Å². The number of aliphatic hydroxyl groups is 1. The number of piperazine rings is 1. The van der Waals surface area contributed by atoms with E-state index in [1.807, 2.05) is 0 Å². The highest BCUT2D eigenvalue weighted by Gasteiger charge is 2.25. The molecule has 0 amide bonds. The number of hydrogen-bond acceptors (Lipinski definition) is 9. The van der Waals surface area contributed by atoms with Gasteiger partial charge in [-0.2, -0.15) is 0 Å². The lowest BCUT2D eigenvalue weighted by Gasteiger charge is -2.35. The monoisotopic (exact) mass is 333 g/mol. The number of hydrogen-bond donors (Lipinski definition) is 2. The molecule has 0 radical (unpaired) electrons. The van der Waals surface area contributed by atoms with Gasteiger partial charge in [0.1, 0.15) is 0 Å². The summed E-state index contributed by atoms with van der Waals surface area (Å²) in [6.45, 7) is 4.43. The molecule has 1 saturated heterocycles. The summed E-state index contributed by atoms with van der Waals surface area (Å²) in [5, 5.41) is 20.3. The number of aliphatic hydroxyl groups excluding tert-OH is 1. The van der Waals surface area contributed by atoms with Gasteiger partial charge in [0.05, 0.1) is 6.61 Å². The van der Waals surface area contributed by atoms with E-state index in [0.29, 0.717) is 17.3 Å². The first kappa shape index (κ1) is 15.5. The average Bonchev–Trinajstić information content (AvgIpc) is 3.26. The molecule has 0 atom stereocenters. The minimum atomic E-state index is 0.199. The normalized spacial score (nSPS) is 20.1. The fraction of sp³-hybridized carbons (Fsp3) is 0.733. The van der Waals surface area contributed by atoms with Gasteiger partial charge in [-0.1, -0.05) is 12.8 Å². The highest BCUT2D eigenvalue weighted by atomic mass is 16.6. The lowest BCUT2D eigenvalue weighted by molar-refractivity contribution is 0.188. The molecule has 1 aliphatic heterocycles. The van der Waals surface area contributed by atoms with Crippen molar-refractivity contribution in [3.8, 4) is 0 Å². The Kier molecular flexibility index (Phi) is 4.44. The van der Waals surface area contributed by atoms with Gasteiger partial charge >= 0.3 is 0 Å². The van der Waals surface area contributed by atoms with E-state index in [2.05, 4.69) is 35.4 Å². The molecule has 2 aromatic rings. The molecule has 9 nitrogen and oxygen atoms in total. The number of rotatable bonds is 5. The SMILES string of the molecule is OCCN1CCN(c2nc3nonc3nc2NC2CCCC2)CC1. The van der Waals surface area contributed by atoms with Crippen LogP contribution in [0.15, 0.2) is 4.63 Å². The number of nitrogens with zero attached hydrogens (tertiary/aromatic N) is 6. The molecular formula is C15H23N7O2. The summed E-state index contributed by atoms with van der Waals surface area (Å²) in [6, 6.07) is 0.450. The molecule has 3 heterocycles. The molecule has 0 aromatic carbocycles. The van der Waals surface area contributed by atoms with Crippen molar-refractivity contribution in [2.75, 3.05) is 49.5 Å². The number of fused-ring (bicyclic) bond motifs is 1. The first-order valence-electron chi connectivity index (χ1n) is 8.68. The Morgan fingerprint density at radius 2 is 1.75 bits per heavy atom. The lowest BCUT2D eigenvalue weighted by Crippen LogP contribution is -2.47. The smallest absolute Gasteiger partial charge is 0.245 e. The maximum Gasteiger partial charge on any atom is 0.245 e. The Balaban J connectivity index is 1.58. The van der Waals surface area contributed by atoms with Gasteiger partial charge < -0.3 is 15.3 Å². The molecule has 24 heavy (non-hydrogen) atoms. The molecule has 0 bridgehead atoms. The third-order valence-electron chi connectivity index (χ3n) is 4.88. The lowest BCUT2D eigenvalue weighted by atomic mass is 10.2. The zero-order valence-corrected chi connectivity index (χ0v) is 13.7. The van der Waals surface area contributed by atoms with E-state index in [1.165, 1.54) is 25.7 Å². The van der Waals surface area contributed by atoms with Crippen LogP contribution in [0.3, 0.4) is 0 Å².